The van der Waals surface area contributed by atoms with Crippen molar-refractivity contribution in [3.63, 3.8) is 0 Å². The summed E-state index contributed by atoms with van der Waals surface area (Å²) in [7, 11) is 0. The molecule has 0 atom stereocenters. The van der Waals surface area contributed by atoms with Gasteiger partial charge in [0.1, 0.15) is 5.69 Å². The van der Waals surface area contributed by atoms with Crippen LogP contribution in [0.5, 0.6) is 0 Å². The van der Waals surface area contributed by atoms with E-state index in [4.69, 9.17) is 11.6 Å². The fourth-order valence-corrected chi connectivity index (χ4v) is 5.60. The van der Waals surface area contributed by atoms with Gasteiger partial charge in [-0.05, 0) is 28.8 Å². The summed E-state index contributed by atoms with van der Waals surface area (Å²) in [5.41, 5.74) is 6.83. The molecule has 1 heterocycles. The molecule has 0 saturated heterocycles. The van der Waals surface area contributed by atoms with Crippen LogP contribution < -0.4 is 0 Å². The molecule has 0 fully saturated rings. The molecule has 1 aliphatic carbocycles. The Balaban J connectivity index is 1.90. The van der Waals surface area contributed by atoms with Crippen molar-refractivity contribution in [2.24, 2.45) is 0 Å². The number of nitro benzene ring substituents is 1. The molecule has 156 valence electrons. The molecule has 5 aromatic rings. The Labute approximate surface area is 189 Å². The molecule has 0 N–H and O–H groups in total. The summed E-state index contributed by atoms with van der Waals surface area (Å²) < 4.78 is 1.99. The fraction of sp³-hybridized carbons (Fsp3) is 0.111. The normalized spacial score (nSPS) is 14.0. The maximum absolute atomic E-state index is 12.0. The highest BCUT2D eigenvalue weighted by Crippen LogP contribution is 2.53. The standard InChI is InChI=1S/C27H19ClN2O2/c1-27(2)19-10-5-3-9-18(19)24-20(27)15-14-17-16-8-4-6-12-22(16)29(25(17)24)26-21(28)11-7-13-23(26)30(31)32/h3-15H,1-2H3. The number of fused-ring (bicyclic) bond motifs is 7. The molecule has 0 amide bonds. The van der Waals surface area contributed by atoms with E-state index in [9.17, 15) is 10.1 Å². The van der Waals surface area contributed by atoms with Crippen LogP contribution in [-0.4, -0.2) is 9.49 Å². The molecular formula is C27H19ClN2O2. The third-order valence-corrected chi connectivity index (χ3v) is 7.07. The first-order valence-corrected chi connectivity index (χ1v) is 10.9. The van der Waals surface area contributed by atoms with E-state index in [1.54, 1.807) is 12.1 Å². The summed E-state index contributed by atoms with van der Waals surface area (Å²) in [6.45, 7) is 4.46. The first kappa shape index (κ1) is 19.1. The molecule has 4 aromatic carbocycles. The van der Waals surface area contributed by atoms with Gasteiger partial charge in [0.15, 0.2) is 0 Å². The smallest absolute Gasteiger partial charge is 0.294 e. The molecule has 32 heavy (non-hydrogen) atoms. The monoisotopic (exact) mass is 438 g/mol. The lowest BCUT2D eigenvalue weighted by molar-refractivity contribution is -0.384. The van der Waals surface area contributed by atoms with Gasteiger partial charge in [-0.1, -0.05) is 86.1 Å². The number of halogens is 1. The van der Waals surface area contributed by atoms with Crippen LogP contribution in [0.2, 0.25) is 5.02 Å². The molecule has 5 heteroatoms. The quantitative estimate of drug-likeness (QED) is 0.210. The van der Waals surface area contributed by atoms with Crippen molar-refractivity contribution >= 4 is 39.1 Å². The molecule has 0 spiro atoms. The molecule has 0 radical (unpaired) electrons. The Bertz CT molecular complexity index is 1600. The van der Waals surface area contributed by atoms with Crippen LogP contribution in [0.25, 0.3) is 38.6 Å². The van der Waals surface area contributed by atoms with Crippen molar-refractivity contribution in [3.8, 4) is 16.8 Å². The predicted molar refractivity (Wildman–Crippen MR) is 130 cm³/mol. The minimum absolute atomic E-state index is 0.0108. The van der Waals surface area contributed by atoms with Gasteiger partial charge in [0.2, 0.25) is 0 Å². The number of nitro groups is 1. The molecule has 1 aromatic heterocycles. The van der Waals surface area contributed by atoms with Crippen LogP contribution >= 0.6 is 11.6 Å². The van der Waals surface area contributed by atoms with Crippen LogP contribution in [0.1, 0.15) is 25.0 Å². The van der Waals surface area contributed by atoms with E-state index >= 15 is 0 Å². The summed E-state index contributed by atoms with van der Waals surface area (Å²) in [5, 5.41) is 14.5. The van der Waals surface area contributed by atoms with Crippen molar-refractivity contribution in [1.82, 2.24) is 4.57 Å². The van der Waals surface area contributed by atoms with E-state index in [1.807, 2.05) is 28.8 Å². The first-order chi connectivity index (χ1) is 15.4. The van der Waals surface area contributed by atoms with E-state index in [0.717, 1.165) is 32.9 Å². The number of aromatic nitrogens is 1. The van der Waals surface area contributed by atoms with Crippen LogP contribution in [0.4, 0.5) is 5.69 Å². The zero-order valence-electron chi connectivity index (χ0n) is 17.6. The number of rotatable bonds is 2. The molecule has 4 nitrogen and oxygen atoms in total. The Morgan fingerprint density at radius 1 is 0.844 bits per heavy atom. The van der Waals surface area contributed by atoms with E-state index in [0.29, 0.717) is 10.7 Å². The van der Waals surface area contributed by atoms with E-state index in [-0.39, 0.29) is 16.0 Å². The molecule has 0 saturated carbocycles. The highest BCUT2D eigenvalue weighted by Gasteiger charge is 2.38. The third-order valence-electron chi connectivity index (χ3n) is 6.77. The van der Waals surface area contributed by atoms with Gasteiger partial charge in [-0.25, -0.2) is 0 Å². The van der Waals surface area contributed by atoms with Crippen LogP contribution in [0, 0.1) is 10.1 Å². The topological polar surface area (TPSA) is 48.1 Å². The SMILES string of the molecule is CC1(C)c2ccccc2-c2c1ccc1c3ccccc3n(-c3c(Cl)cccc3[N+](=O)[O-])c21. The van der Waals surface area contributed by atoms with Crippen LogP contribution in [0.15, 0.2) is 78.9 Å². The lowest BCUT2D eigenvalue weighted by Crippen LogP contribution is -2.14. The summed E-state index contributed by atoms with van der Waals surface area (Å²) in [4.78, 5) is 11.7. The third kappa shape index (κ3) is 2.33. The van der Waals surface area contributed by atoms with Gasteiger partial charge in [-0.2, -0.15) is 0 Å². The maximum Gasteiger partial charge on any atom is 0.294 e. The van der Waals surface area contributed by atoms with Crippen molar-refractivity contribution in [3.05, 3.63) is 105 Å². The molecule has 1 aliphatic rings. The minimum atomic E-state index is -0.358. The van der Waals surface area contributed by atoms with Crippen molar-refractivity contribution in [2.75, 3.05) is 0 Å². The predicted octanol–water partition coefficient (Wildman–Crippen LogP) is 7.65. The molecule has 6 rings (SSSR count). The molecular weight excluding hydrogens is 420 g/mol. The van der Waals surface area contributed by atoms with Gasteiger partial charge in [-0.15, -0.1) is 0 Å². The van der Waals surface area contributed by atoms with E-state index in [1.165, 1.54) is 17.2 Å². The lowest BCUT2D eigenvalue weighted by atomic mass is 9.82. The summed E-state index contributed by atoms with van der Waals surface area (Å²) in [6.07, 6.45) is 0. The average Bonchev–Trinajstić information content (AvgIpc) is 3.24. The fourth-order valence-electron chi connectivity index (χ4n) is 5.35. The van der Waals surface area contributed by atoms with Gasteiger partial charge in [-0.3, -0.25) is 10.1 Å². The van der Waals surface area contributed by atoms with Gasteiger partial charge < -0.3 is 4.57 Å². The number of nitrogens with zero attached hydrogens (tertiary/aromatic N) is 2. The molecule has 0 aliphatic heterocycles. The van der Waals surface area contributed by atoms with Gasteiger partial charge in [0.25, 0.3) is 5.69 Å². The zero-order valence-corrected chi connectivity index (χ0v) is 18.4. The Morgan fingerprint density at radius 2 is 1.59 bits per heavy atom. The second-order valence-electron chi connectivity index (χ2n) is 8.77. The summed E-state index contributed by atoms with van der Waals surface area (Å²) >= 11 is 6.65. The summed E-state index contributed by atoms with van der Waals surface area (Å²) in [6, 6.07) is 25.7. The van der Waals surface area contributed by atoms with Crippen molar-refractivity contribution in [2.45, 2.75) is 19.3 Å². The maximum atomic E-state index is 12.0. The van der Waals surface area contributed by atoms with Crippen LogP contribution in [0.3, 0.4) is 0 Å². The number of benzene rings is 4. The van der Waals surface area contributed by atoms with Crippen molar-refractivity contribution < 1.29 is 4.92 Å². The van der Waals surface area contributed by atoms with Gasteiger partial charge in [0.05, 0.1) is 21.0 Å². The second-order valence-corrected chi connectivity index (χ2v) is 9.18. The van der Waals surface area contributed by atoms with E-state index < -0.39 is 0 Å². The Morgan fingerprint density at radius 3 is 2.41 bits per heavy atom. The number of hydrogen-bond donors (Lipinski definition) is 0. The highest BCUT2D eigenvalue weighted by atomic mass is 35.5. The largest absolute Gasteiger partial charge is 0.301 e. The minimum Gasteiger partial charge on any atom is -0.301 e. The van der Waals surface area contributed by atoms with E-state index in [2.05, 4.69) is 50.2 Å². The number of hydrogen-bond acceptors (Lipinski definition) is 2. The summed E-state index contributed by atoms with van der Waals surface area (Å²) in [5.74, 6) is 0. The van der Waals surface area contributed by atoms with Gasteiger partial charge in [0, 0.05) is 27.8 Å². The Kier molecular flexibility index (Phi) is 3.84. The average molecular weight is 439 g/mol. The van der Waals surface area contributed by atoms with Gasteiger partial charge >= 0.3 is 0 Å². The second kappa shape index (κ2) is 6.44. The zero-order chi connectivity index (χ0) is 22.2. The Hall–Kier alpha value is -3.63. The van der Waals surface area contributed by atoms with Crippen molar-refractivity contribution in [1.29, 1.82) is 0 Å². The highest BCUT2D eigenvalue weighted by molar-refractivity contribution is 6.33. The number of para-hydroxylation sites is 2. The van der Waals surface area contributed by atoms with Crippen LogP contribution in [-0.2, 0) is 5.41 Å². The molecule has 0 unspecified atom stereocenters. The lowest BCUT2D eigenvalue weighted by Gasteiger charge is -2.21. The molecule has 0 bridgehead atoms. The first-order valence-electron chi connectivity index (χ1n) is 10.5.